The average molecular weight is 655 g/mol. The summed E-state index contributed by atoms with van der Waals surface area (Å²) in [6.07, 6.45) is 11.9. The van der Waals surface area contributed by atoms with Crippen LogP contribution in [0.25, 0.3) is 0 Å². The summed E-state index contributed by atoms with van der Waals surface area (Å²) in [7, 11) is -5.33. The summed E-state index contributed by atoms with van der Waals surface area (Å²) in [5, 5.41) is 2.68. The van der Waals surface area contributed by atoms with Crippen LogP contribution in [-0.4, -0.2) is 35.4 Å². The van der Waals surface area contributed by atoms with E-state index >= 15 is 0 Å². The van der Waals surface area contributed by atoms with Crippen molar-refractivity contribution in [2.24, 2.45) is 50.7 Å². The second kappa shape index (κ2) is 10.7. The second-order valence-corrected chi connectivity index (χ2v) is 25.6. The first-order chi connectivity index (χ1) is 20.4. The molecule has 0 radical (unpaired) electrons. The molecule has 5 rings (SSSR count). The number of hydrogen-bond donors (Lipinski definition) is 0. The van der Waals surface area contributed by atoms with Gasteiger partial charge in [-0.3, -0.25) is 4.79 Å². The van der Waals surface area contributed by atoms with Crippen LogP contribution in [0.5, 0.6) is 0 Å². The molecule has 0 aromatic heterocycles. The molecule has 0 aromatic rings. The van der Waals surface area contributed by atoms with Crippen LogP contribution in [-0.2, 0) is 19.1 Å². The quantitative estimate of drug-likeness (QED) is 0.172. The highest BCUT2D eigenvalue weighted by Gasteiger charge is 2.69. The molecule has 0 aromatic carbocycles. The highest BCUT2D eigenvalue weighted by atomic mass is 32.2. The maximum Gasteiger partial charge on any atom is 0.214 e. The van der Waals surface area contributed by atoms with Crippen LogP contribution in [0, 0.1) is 61.9 Å². The van der Waals surface area contributed by atoms with Crippen LogP contribution in [0.3, 0.4) is 0 Å². The Labute approximate surface area is 277 Å². The smallest absolute Gasteiger partial charge is 0.214 e. The average Bonchev–Trinajstić information content (AvgIpc) is 3.18. The molecule has 4 nitrogen and oxygen atoms in total. The van der Waals surface area contributed by atoms with E-state index in [0.717, 1.165) is 43.3 Å². The zero-order chi connectivity index (χ0) is 33.8. The lowest BCUT2D eigenvalue weighted by Crippen LogP contribution is -2.64. The molecule has 0 amide bonds. The van der Waals surface area contributed by atoms with Crippen LogP contribution >= 0.6 is 0 Å². The van der Waals surface area contributed by atoms with Gasteiger partial charge in [-0.15, -0.1) is 0 Å². The van der Waals surface area contributed by atoms with E-state index in [1.54, 1.807) is 0 Å². The van der Waals surface area contributed by atoms with Gasteiger partial charge in [0.05, 0.1) is 6.26 Å². The van der Waals surface area contributed by atoms with Gasteiger partial charge in [-0.25, -0.2) is 8.42 Å². The lowest BCUT2D eigenvalue weighted by Gasteiger charge is -2.71. The molecule has 3 fully saturated rings. The Kier molecular flexibility index (Phi) is 8.33. The number of rotatable bonds is 4. The van der Waals surface area contributed by atoms with E-state index in [1.165, 1.54) is 24.7 Å². The third-order valence-electron chi connectivity index (χ3n) is 15.0. The molecule has 0 unspecified atom stereocenters. The number of hydrogen-bond acceptors (Lipinski definition) is 4. The molecule has 0 spiro atoms. The molecule has 252 valence electrons. The minimum absolute atomic E-state index is 0.120. The first kappa shape index (κ1) is 35.2. The molecule has 6 heteroatoms. The van der Waals surface area contributed by atoms with Crippen molar-refractivity contribution in [2.45, 2.75) is 139 Å². The summed E-state index contributed by atoms with van der Waals surface area (Å²) in [6.45, 7) is 29.2. The minimum Gasteiger partial charge on any atom is -0.416 e. The van der Waals surface area contributed by atoms with Crippen molar-refractivity contribution in [3.8, 4) is 11.2 Å². The highest BCUT2D eigenvalue weighted by Crippen LogP contribution is 2.76. The molecule has 0 aliphatic heterocycles. The van der Waals surface area contributed by atoms with Gasteiger partial charge < -0.3 is 4.43 Å². The van der Waals surface area contributed by atoms with Gasteiger partial charge in [-0.05, 0) is 109 Å². The number of carbonyl (C=O) groups is 1. The fourth-order valence-corrected chi connectivity index (χ4v) is 12.8. The Balaban J connectivity index is 1.55. The van der Waals surface area contributed by atoms with Gasteiger partial charge in [0.15, 0.2) is 14.1 Å². The summed E-state index contributed by atoms with van der Waals surface area (Å²) in [4.78, 5) is 13.9. The molecule has 0 N–H and O–H groups in total. The fourth-order valence-electron chi connectivity index (χ4n) is 11.4. The van der Waals surface area contributed by atoms with E-state index in [1.807, 2.05) is 0 Å². The maximum absolute atomic E-state index is 13.9. The van der Waals surface area contributed by atoms with Gasteiger partial charge in [-0.2, -0.15) is 0 Å². The molecule has 0 bridgehead atoms. The van der Waals surface area contributed by atoms with E-state index in [2.05, 4.69) is 99.6 Å². The van der Waals surface area contributed by atoms with Gasteiger partial charge in [0, 0.05) is 34.7 Å². The number of fused-ring (bicyclic) bond motifs is 7. The van der Waals surface area contributed by atoms with Crippen LogP contribution < -0.4 is 0 Å². The van der Waals surface area contributed by atoms with E-state index in [0.29, 0.717) is 36.6 Å². The van der Waals surface area contributed by atoms with E-state index in [9.17, 15) is 13.2 Å². The van der Waals surface area contributed by atoms with Crippen molar-refractivity contribution in [1.29, 1.82) is 0 Å². The molecule has 0 heterocycles. The van der Waals surface area contributed by atoms with E-state index < -0.39 is 18.2 Å². The summed E-state index contributed by atoms with van der Waals surface area (Å²) in [5.41, 5.74) is 3.73. The molecule has 0 saturated heterocycles. The first-order valence-corrected chi connectivity index (χ1v) is 22.5. The Morgan fingerprint density at radius 3 is 2.20 bits per heavy atom. The molecule has 45 heavy (non-hydrogen) atoms. The van der Waals surface area contributed by atoms with E-state index in [-0.39, 0.29) is 38.0 Å². The van der Waals surface area contributed by atoms with Crippen molar-refractivity contribution in [3.05, 3.63) is 22.8 Å². The van der Waals surface area contributed by atoms with Crippen molar-refractivity contribution in [1.82, 2.24) is 0 Å². The van der Waals surface area contributed by atoms with Gasteiger partial charge in [0.1, 0.15) is 0 Å². The van der Waals surface area contributed by atoms with Crippen LogP contribution in [0.15, 0.2) is 22.8 Å². The van der Waals surface area contributed by atoms with Gasteiger partial charge in [-0.1, -0.05) is 86.8 Å². The minimum atomic E-state index is -3.35. The summed E-state index contributed by atoms with van der Waals surface area (Å²) in [6, 6.07) is 0. The summed E-state index contributed by atoms with van der Waals surface area (Å²) in [5.74, 6) is 5.16. The number of carbonyl (C=O) groups excluding carboxylic acids is 1. The molecule has 5 aliphatic carbocycles. The third-order valence-corrected chi connectivity index (χ3v) is 20.0. The second-order valence-electron chi connectivity index (χ2n) is 19.1. The lowest BCUT2D eigenvalue weighted by atomic mass is 9.33. The largest absolute Gasteiger partial charge is 0.416 e. The maximum atomic E-state index is 13.9. The van der Waals surface area contributed by atoms with Crippen molar-refractivity contribution >= 4 is 23.9 Å². The molecule has 7 atom stereocenters. The lowest BCUT2D eigenvalue weighted by molar-refractivity contribution is -0.199. The van der Waals surface area contributed by atoms with Crippen molar-refractivity contribution in [2.75, 3.05) is 12.9 Å². The third kappa shape index (κ3) is 5.23. The Hall–Kier alpha value is -1.16. The van der Waals surface area contributed by atoms with Crippen molar-refractivity contribution in [3.63, 3.8) is 0 Å². The van der Waals surface area contributed by atoms with E-state index in [4.69, 9.17) is 4.43 Å². The van der Waals surface area contributed by atoms with Gasteiger partial charge in [0.25, 0.3) is 0 Å². The Morgan fingerprint density at radius 1 is 0.978 bits per heavy atom. The zero-order valence-corrected chi connectivity index (χ0v) is 32.6. The molecular formula is C39H62O4SSi. The predicted octanol–water partition coefficient (Wildman–Crippen LogP) is 9.53. The predicted molar refractivity (Wildman–Crippen MR) is 189 cm³/mol. The normalized spacial score (nSPS) is 39.7. The number of allylic oxidation sites excluding steroid dienone is 3. The summed E-state index contributed by atoms with van der Waals surface area (Å²) >= 11 is 0. The van der Waals surface area contributed by atoms with Gasteiger partial charge >= 0.3 is 0 Å². The van der Waals surface area contributed by atoms with Gasteiger partial charge in [0.2, 0.25) is 9.84 Å². The van der Waals surface area contributed by atoms with Crippen molar-refractivity contribution < 1.29 is 17.6 Å². The number of sulfone groups is 1. The Bertz CT molecular complexity index is 1500. The Morgan fingerprint density at radius 2 is 1.62 bits per heavy atom. The SMILES string of the molecule is CC(C)C1=C2[C@H]3CC[C@@H]4[C@@]5(C)CC=C(C#CS(C)(=O)=O)C(C)(C)[C@@H]5CC[C@@]4(C)[C@]3(C)CC[C@@]2(CO[Si](C)(C)C(C)(C)C)CC1=O. The number of ketones is 1. The molecule has 5 aliphatic rings. The summed E-state index contributed by atoms with van der Waals surface area (Å²) < 4.78 is 30.9. The van der Waals surface area contributed by atoms with Crippen LogP contribution in [0.1, 0.15) is 121 Å². The molecular weight excluding hydrogens is 593 g/mol. The zero-order valence-electron chi connectivity index (χ0n) is 30.8. The standard InChI is InChI=1S/C39H62O4SSi/c1-26(2)32-29(40)24-39(25-43-45(12,13)34(3,4)5)22-21-37(9)28(33(32)39)14-15-31-36(8)19-16-27(18-23-44(11,41)42)35(6,7)30(36)17-20-38(31,37)10/h16,26,28,30-31H,14-15,17,19-22,24-25H2,1-13H3/t28-,30+,31-,36+,37-,38-,39+/m1/s1. The highest BCUT2D eigenvalue weighted by molar-refractivity contribution is 7.95. The fraction of sp³-hybridized carbons (Fsp3) is 0.821. The van der Waals surface area contributed by atoms with Crippen LogP contribution in [0.4, 0.5) is 0 Å². The number of Topliss-reactive ketones (excluding diaryl/α,β-unsaturated/α-hetero) is 1. The first-order valence-electron chi connectivity index (χ1n) is 17.7. The topological polar surface area (TPSA) is 60.4 Å². The monoisotopic (exact) mass is 654 g/mol. The molecule has 3 saturated carbocycles. The van der Waals surface area contributed by atoms with Crippen LogP contribution in [0.2, 0.25) is 18.1 Å².